The van der Waals surface area contributed by atoms with E-state index in [0.717, 1.165) is 18.7 Å². The minimum atomic E-state index is -0.0157. The Balaban J connectivity index is 2.16. The lowest BCUT2D eigenvalue weighted by Gasteiger charge is -2.05. The highest BCUT2D eigenvalue weighted by molar-refractivity contribution is 5.28. The summed E-state index contributed by atoms with van der Waals surface area (Å²) in [6, 6.07) is 6.50. The summed E-state index contributed by atoms with van der Waals surface area (Å²) in [6.45, 7) is 7.01. The first-order valence-corrected chi connectivity index (χ1v) is 6.31. The maximum absolute atomic E-state index is 5.93. The molecule has 1 unspecified atom stereocenters. The Morgan fingerprint density at radius 2 is 1.89 bits per heavy atom. The van der Waals surface area contributed by atoms with Crippen LogP contribution in [0.2, 0.25) is 0 Å². The summed E-state index contributed by atoms with van der Waals surface area (Å²) < 4.78 is 1.85. The molecule has 4 heteroatoms. The fourth-order valence-electron chi connectivity index (χ4n) is 2.12. The molecule has 1 heterocycles. The highest BCUT2D eigenvalue weighted by Crippen LogP contribution is 2.12. The van der Waals surface area contributed by atoms with Gasteiger partial charge in [-0.05, 0) is 25.8 Å². The topological polar surface area (TPSA) is 56.7 Å². The zero-order chi connectivity index (χ0) is 13.1. The first kappa shape index (κ1) is 12.8. The van der Waals surface area contributed by atoms with Gasteiger partial charge in [0.2, 0.25) is 0 Å². The molecule has 18 heavy (non-hydrogen) atoms. The predicted molar refractivity (Wildman–Crippen MR) is 72.3 cm³/mol. The Morgan fingerprint density at radius 3 is 2.50 bits per heavy atom. The molecule has 2 aromatic rings. The van der Waals surface area contributed by atoms with Crippen molar-refractivity contribution >= 4 is 0 Å². The SMILES string of the molecule is CCC(N)c1cn(Cc2cc(C)cc(C)c2)nn1. The van der Waals surface area contributed by atoms with Gasteiger partial charge in [-0.25, -0.2) is 4.68 Å². The van der Waals surface area contributed by atoms with E-state index >= 15 is 0 Å². The van der Waals surface area contributed by atoms with Gasteiger partial charge in [0.15, 0.2) is 0 Å². The summed E-state index contributed by atoms with van der Waals surface area (Å²) in [5.41, 5.74) is 10.6. The summed E-state index contributed by atoms with van der Waals surface area (Å²) >= 11 is 0. The minimum Gasteiger partial charge on any atom is -0.323 e. The van der Waals surface area contributed by atoms with E-state index in [9.17, 15) is 0 Å². The molecule has 4 nitrogen and oxygen atoms in total. The molecule has 2 N–H and O–H groups in total. The van der Waals surface area contributed by atoms with Crippen molar-refractivity contribution in [2.24, 2.45) is 5.73 Å². The molecule has 0 radical (unpaired) electrons. The third-order valence-electron chi connectivity index (χ3n) is 3.00. The number of nitrogens with two attached hydrogens (primary N) is 1. The molecule has 0 bridgehead atoms. The molecule has 1 aromatic carbocycles. The van der Waals surface area contributed by atoms with E-state index in [-0.39, 0.29) is 6.04 Å². The molecule has 0 saturated carbocycles. The molecule has 0 aliphatic heterocycles. The van der Waals surface area contributed by atoms with Gasteiger partial charge in [-0.1, -0.05) is 41.5 Å². The molecular formula is C14H20N4. The Kier molecular flexibility index (Phi) is 3.77. The molecule has 2 rings (SSSR count). The Hall–Kier alpha value is -1.68. The monoisotopic (exact) mass is 244 g/mol. The van der Waals surface area contributed by atoms with Crippen LogP contribution in [0, 0.1) is 13.8 Å². The standard InChI is InChI=1S/C14H20N4/c1-4-13(15)14-9-18(17-16-14)8-12-6-10(2)5-11(3)7-12/h5-7,9,13H,4,8,15H2,1-3H3. The summed E-state index contributed by atoms with van der Waals surface area (Å²) in [6.07, 6.45) is 2.81. The van der Waals surface area contributed by atoms with Crippen LogP contribution in [0.3, 0.4) is 0 Å². The molecule has 1 atom stereocenters. The lowest BCUT2D eigenvalue weighted by molar-refractivity contribution is 0.644. The van der Waals surface area contributed by atoms with Crippen LogP contribution in [0.4, 0.5) is 0 Å². The zero-order valence-corrected chi connectivity index (χ0v) is 11.2. The highest BCUT2D eigenvalue weighted by atomic mass is 15.4. The average Bonchev–Trinajstić information content (AvgIpc) is 2.75. The molecule has 0 amide bonds. The number of benzene rings is 1. The van der Waals surface area contributed by atoms with Gasteiger partial charge in [0.25, 0.3) is 0 Å². The summed E-state index contributed by atoms with van der Waals surface area (Å²) in [5, 5.41) is 8.24. The second kappa shape index (κ2) is 5.31. The van der Waals surface area contributed by atoms with E-state index in [4.69, 9.17) is 5.73 Å². The largest absolute Gasteiger partial charge is 0.323 e. The summed E-state index contributed by atoms with van der Waals surface area (Å²) in [5.74, 6) is 0. The number of rotatable bonds is 4. The molecule has 96 valence electrons. The van der Waals surface area contributed by atoms with E-state index < -0.39 is 0 Å². The van der Waals surface area contributed by atoms with E-state index in [1.807, 2.05) is 17.8 Å². The van der Waals surface area contributed by atoms with Crippen molar-refractivity contribution in [1.29, 1.82) is 0 Å². The third-order valence-corrected chi connectivity index (χ3v) is 3.00. The zero-order valence-electron chi connectivity index (χ0n) is 11.2. The van der Waals surface area contributed by atoms with Crippen LogP contribution in [0.25, 0.3) is 0 Å². The number of aromatic nitrogens is 3. The van der Waals surface area contributed by atoms with Gasteiger partial charge < -0.3 is 5.73 Å². The average molecular weight is 244 g/mol. The lowest BCUT2D eigenvalue weighted by atomic mass is 10.1. The van der Waals surface area contributed by atoms with Crippen molar-refractivity contribution in [1.82, 2.24) is 15.0 Å². The van der Waals surface area contributed by atoms with E-state index in [0.29, 0.717) is 0 Å². The first-order chi connectivity index (χ1) is 8.58. The van der Waals surface area contributed by atoms with Gasteiger partial charge in [0.05, 0.1) is 24.5 Å². The van der Waals surface area contributed by atoms with Gasteiger partial charge in [-0.15, -0.1) is 5.10 Å². The number of aryl methyl sites for hydroxylation is 2. The molecule has 0 aliphatic rings. The maximum Gasteiger partial charge on any atom is 0.0994 e. The normalized spacial score (nSPS) is 12.7. The van der Waals surface area contributed by atoms with Crippen LogP contribution in [0.1, 0.15) is 41.8 Å². The summed E-state index contributed by atoms with van der Waals surface area (Å²) in [7, 11) is 0. The van der Waals surface area contributed by atoms with Gasteiger partial charge >= 0.3 is 0 Å². The smallest absolute Gasteiger partial charge is 0.0994 e. The van der Waals surface area contributed by atoms with Crippen molar-refractivity contribution in [3.8, 4) is 0 Å². The van der Waals surface area contributed by atoms with E-state index in [1.54, 1.807) is 0 Å². The second-order valence-electron chi connectivity index (χ2n) is 4.85. The van der Waals surface area contributed by atoms with Gasteiger partial charge in [-0.2, -0.15) is 0 Å². The Morgan fingerprint density at radius 1 is 1.22 bits per heavy atom. The highest BCUT2D eigenvalue weighted by Gasteiger charge is 2.08. The Labute approximate surface area is 108 Å². The van der Waals surface area contributed by atoms with Crippen molar-refractivity contribution in [3.63, 3.8) is 0 Å². The maximum atomic E-state index is 5.93. The van der Waals surface area contributed by atoms with Gasteiger partial charge in [0, 0.05) is 0 Å². The lowest BCUT2D eigenvalue weighted by Crippen LogP contribution is -2.08. The first-order valence-electron chi connectivity index (χ1n) is 6.31. The van der Waals surface area contributed by atoms with Crippen LogP contribution in [-0.2, 0) is 6.54 Å². The van der Waals surface area contributed by atoms with Crippen LogP contribution in [0.5, 0.6) is 0 Å². The quantitative estimate of drug-likeness (QED) is 0.898. The van der Waals surface area contributed by atoms with E-state index in [2.05, 4.69) is 42.4 Å². The fraction of sp³-hybridized carbons (Fsp3) is 0.429. The molecule has 0 spiro atoms. The van der Waals surface area contributed by atoms with Crippen molar-refractivity contribution < 1.29 is 0 Å². The molecule has 0 fully saturated rings. The van der Waals surface area contributed by atoms with Crippen molar-refractivity contribution in [2.75, 3.05) is 0 Å². The van der Waals surface area contributed by atoms with Crippen molar-refractivity contribution in [2.45, 2.75) is 39.8 Å². The number of hydrogen-bond acceptors (Lipinski definition) is 3. The van der Waals surface area contributed by atoms with Crippen LogP contribution >= 0.6 is 0 Å². The second-order valence-corrected chi connectivity index (χ2v) is 4.85. The Bertz CT molecular complexity index is 510. The molecule has 0 saturated heterocycles. The molecule has 0 aliphatic carbocycles. The van der Waals surface area contributed by atoms with Crippen LogP contribution < -0.4 is 5.73 Å². The van der Waals surface area contributed by atoms with Crippen LogP contribution in [0.15, 0.2) is 24.4 Å². The molecular weight excluding hydrogens is 224 g/mol. The third kappa shape index (κ3) is 2.96. The predicted octanol–water partition coefficient (Wildman–Crippen LogP) is 2.35. The fourth-order valence-corrected chi connectivity index (χ4v) is 2.12. The molecule has 1 aromatic heterocycles. The minimum absolute atomic E-state index is 0.0157. The van der Waals surface area contributed by atoms with Gasteiger partial charge in [0.1, 0.15) is 0 Å². The number of hydrogen-bond donors (Lipinski definition) is 1. The summed E-state index contributed by atoms with van der Waals surface area (Å²) in [4.78, 5) is 0. The van der Waals surface area contributed by atoms with Crippen LogP contribution in [-0.4, -0.2) is 15.0 Å². The number of nitrogens with zero attached hydrogens (tertiary/aromatic N) is 3. The van der Waals surface area contributed by atoms with Gasteiger partial charge in [-0.3, -0.25) is 0 Å². The van der Waals surface area contributed by atoms with E-state index in [1.165, 1.54) is 16.7 Å². The van der Waals surface area contributed by atoms with Crippen molar-refractivity contribution in [3.05, 3.63) is 46.8 Å².